The first kappa shape index (κ1) is 20.3. The lowest BCUT2D eigenvalue weighted by Crippen LogP contribution is -2.21. The van der Waals surface area contributed by atoms with Gasteiger partial charge >= 0.3 is 5.97 Å². The van der Waals surface area contributed by atoms with Crippen LogP contribution < -0.4 is 5.32 Å². The van der Waals surface area contributed by atoms with Gasteiger partial charge in [0.15, 0.2) is 0 Å². The fourth-order valence-electron chi connectivity index (χ4n) is 3.11. The van der Waals surface area contributed by atoms with Crippen LogP contribution in [0, 0.1) is 0 Å². The van der Waals surface area contributed by atoms with Crippen molar-refractivity contribution in [3.8, 4) is 11.4 Å². The lowest BCUT2D eigenvalue weighted by molar-refractivity contribution is -0.116. The predicted octanol–water partition coefficient (Wildman–Crippen LogP) is 3.36. The number of fused-ring (bicyclic) bond motifs is 1. The van der Waals surface area contributed by atoms with Gasteiger partial charge in [0.2, 0.25) is 5.91 Å². The van der Waals surface area contributed by atoms with Gasteiger partial charge in [-0.25, -0.2) is 4.79 Å². The maximum atomic E-state index is 11.7. The van der Waals surface area contributed by atoms with Crippen molar-refractivity contribution >= 4 is 22.8 Å². The summed E-state index contributed by atoms with van der Waals surface area (Å²) in [7, 11) is 1.35. The van der Waals surface area contributed by atoms with Crippen LogP contribution in [0.2, 0.25) is 0 Å². The van der Waals surface area contributed by atoms with Crippen molar-refractivity contribution in [3.05, 3.63) is 61.1 Å². The highest BCUT2D eigenvalue weighted by molar-refractivity contribution is 5.91. The van der Waals surface area contributed by atoms with Crippen LogP contribution >= 0.6 is 0 Å². The molecule has 0 saturated heterocycles. The van der Waals surface area contributed by atoms with Crippen molar-refractivity contribution in [3.63, 3.8) is 0 Å². The minimum Gasteiger partial charge on any atom is -0.465 e. The normalized spacial score (nSPS) is 10.7. The van der Waals surface area contributed by atoms with E-state index < -0.39 is 5.97 Å². The van der Waals surface area contributed by atoms with Crippen LogP contribution in [0.4, 0.5) is 0 Å². The molecule has 1 amide bonds. The Morgan fingerprint density at radius 2 is 2.00 bits per heavy atom. The van der Waals surface area contributed by atoms with Gasteiger partial charge in [-0.15, -0.1) is 0 Å². The maximum absolute atomic E-state index is 11.7. The lowest BCUT2D eigenvalue weighted by Gasteiger charge is -2.07. The third-order valence-corrected chi connectivity index (χ3v) is 4.66. The average Bonchev–Trinajstić information content (AvgIpc) is 3.17. The van der Waals surface area contributed by atoms with E-state index in [2.05, 4.69) is 32.5 Å². The van der Waals surface area contributed by atoms with E-state index in [1.807, 2.05) is 18.5 Å². The lowest BCUT2D eigenvalue weighted by atomic mass is 10.1. The Morgan fingerprint density at radius 1 is 1.17 bits per heavy atom. The second kappa shape index (κ2) is 9.64. The summed E-state index contributed by atoms with van der Waals surface area (Å²) in [5.41, 5.74) is 2.84. The molecule has 7 nitrogen and oxygen atoms in total. The number of nitrogens with one attached hydrogen (secondary N) is 1. The third kappa shape index (κ3) is 5.07. The van der Waals surface area contributed by atoms with Crippen molar-refractivity contribution in [2.24, 2.45) is 0 Å². The Labute approximate surface area is 169 Å². The molecule has 3 rings (SSSR count). The molecule has 0 spiro atoms. The molecule has 0 saturated carbocycles. The number of aromatic nitrogens is 3. The van der Waals surface area contributed by atoms with Crippen molar-refractivity contribution in [2.75, 3.05) is 13.7 Å². The van der Waals surface area contributed by atoms with Crippen LogP contribution in [-0.2, 0) is 16.1 Å². The number of esters is 1. The first-order valence-electron chi connectivity index (χ1n) is 9.52. The van der Waals surface area contributed by atoms with Crippen molar-refractivity contribution in [2.45, 2.75) is 25.8 Å². The zero-order valence-corrected chi connectivity index (χ0v) is 16.4. The van der Waals surface area contributed by atoms with Crippen LogP contribution in [0.25, 0.3) is 22.3 Å². The summed E-state index contributed by atoms with van der Waals surface area (Å²) in [4.78, 5) is 31.7. The zero-order chi connectivity index (χ0) is 20.6. The van der Waals surface area contributed by atoms with Crippen molar-refractivity contribution < 1.29 is 14.3 Å². The fraction of sp³-hybridized carbons (Fsp3) is 0.273. The fourth-order valence-corrected chi connectivity index (χ4v) is 3.11. The van der Waals surface area contributed by atoms with E-state index in [0.29, 0.717) is 23.5 Å². The first-order chi connectivity index (χ1) is 14.1. The number of carbonyl (C=O) groups excluding carboxylic acids is 2. The Hall–Kier alpha value is -3.48. The van der Waals surface area contributed by atoms with E-state index in [4.69, 9.17) is 4.74 Å². The Balaban J connectivity index is 1.63. The first-order valence-corrected chi connectivity index (χ1v) is 9.52. The van der Waals surface area contributed by atoms with Gasteiger partial charge in [0.25, 0.3) is 0 Å². The Bertz CT molecular complexity index is 1030. The minimum absolute atomic E-state index is 0.130. The van der Waals surface area contributed by atoms with Crippen LogP contribution in [0.15, 0.2) is 55.5 Å². The summed E-state index contributed by atoms with van der Waals surface area (Å²) >= 11 is 0. The molecule has 0 aromatic carbocycles. The quantitative estimate of drug-likeness (QED) is 0.343. The van der Waals surface area contributed by atoms with Gasteiger partial charge in [0.05, 0.1) is 35.8 Å². The van der Waals surface area contributed by atoms with Gasteiger partial charge in [0.1, 0.15) is 0 Å². The van der Waals surface area contributed by atoms with E-state index in [0.717, 1.165) is 36.7 Å². The number of hydrogen-bond acceptors (Lipinski definition) is 5. The van der Waals surface area contributed by atoms with Gasteiger partial charge in [-0.05, 0) is 49.6 Å². The number of amides is 1. The van der Waals surface area contributed by atoms with Crippen molar-refractivity contribution in [1.29, 1.82) is 0 Å². The molecule has 0 aliphatic heterocycles. The van der Waals surface area contributed by atoms with E-state index in [1.54, 1.807) is 18.3 Å². The van der Waals surface area contributed by atoms with E-state index in [1.165, 1.54) is 13.2 Å². The SMILES string of the molecule is C=CC(=O)NCCCCCn1ccc2cc(-c3cc(C(=O)OC)ccn3)ncc21. The predicted molar refractivity (Wildman–Crippen MR) is 111 cm³/mol. The molecule has 150 valence electrons. The number of ether oxygens (including phenoxy) is 1. The van der Waals surface area contributed by atoms with Crippen LogP contribution in [0.1, 0.15) is 29.6 Å². The number of pyridine rings is 2. The van der Waals surface area contributed by atoms with Gasteiger partial charge in [-0.3, -0.25) is 14.8 Å². The topological polar surface area (TPSA) is 86.1 Å². The van der Waals surface area contributed by atoms with E-state index >= 15 is 0 Å². The molecule has 29 heavy (non-hydrogen) atoms. The molecular weight excluding hydrogens is 368 g/mol. The smallest absolute Gasteiger partial charge is 0.337 e. The monoisotopic (exact) mass is 392 g/mol. The number of carbonyl (C=O) groups is 2. The van der Waals surface area contributed by atoms with E-state index in [9.17, 15) is 9.59 Å². The molecule has 3 aromatic heterocycles. The highest BCUT2D eigenvalue weighted by Gasteiger charge is 2.10. The number of aryl methyl sites for hydroxylation is 1. The summed E-state index contributed by atoms with van der Waals surface area (Å²) < 4.78 is 6.94. The molecule has 7 heteroatoms. The largest absolute Gasteiger partial charge is 0.465 e. The van der Waals surface area contributed by atoms with Gasteiger partial charge in [-0.1, -0.05) is 6.58 Å². The highest BCUT2D eigenvalue weighted by atomic mass is 16.5. The van der Waals surface area contributed by atoms with Crippen LogP contribution in [0.5, 0.6) is 0 Å². The molecule has 1 N–H and O–H groups in total. The number of rotatable bonds is 9. The average molecular weight is 392 g/mol. The van der Waals surface area contributed by atoms with Gasteiger partial charge < -0.3 is 14.6 Å². The maximum Gasteiger partial charge on any atom is 0.337 e. The molecule has 0 radical (unpaired) electrons. The minimum atomic E-state index is -0.398. The molecule has 0 bridgehead atoms. The number of hydrogen-bond donors (Lipinski definition) is 1. The van der Waals surface area contributed by atoms with Crippen LogP contribution in [-0.4, -0.2) is 40.1 Å². The molecule has 0 fully saturated rings. The molecule has 0 aliphatic rings. The second-order valence-corrected chi connectivity index (χ2v) is 6.61. The van der Waals surface area contributed by atoms with Crippen molar-refractivity contribution in [1.82, 2.24) is 19.9 Å². The number of unbranched alkanes of at least 4 members (excludes halogenated alkanes) is 2. The summed E-state index contributed by atoms with van der Waals surface area (Å²) in [6, 6.07) is 7.32. The summed E-state index contributed by atoms with van der Waals surface area (Å²) in [6.07, 6.45) is 9.72. The Kier molecular flexibility index (Phi) is 6.73. The zero-order valence-electron chi connectivity index (χ0n) is 16.4. The van der Waals surface area contributed by atoms with E-state index in [-0.39, 0.29) is 5.91 Å². The molecule has 0 aliphatic carbocycles. The summed E-state index contributed by atoms with van der Waals surface area (Å²) in [5.74, 6) is -0.528. The third-order valence-electron chi connectivity index (χ3n) is 4.66. The molecule has 0 atom stereocenters. The number of methoxy groups -OCH3 is 1. The van der Waals surface area contributed by atoms with Gasteiger partial charge in [0, 0.05) is 30.9 Å². The molecule has 3 heterocycles. The molecule has 0 unspecified atom stereocenters. The highest BCUT2D eigenvalue weighted by Crippen LogP contribution is 2.22. The van der Waals surface area contributed by atoms with Gasteiger partial charge in [-0.2, -0.15) is 0 Å². The standard InChI is InChI=1S/C22H24N4O3/c1-3-21(27)24-9-5-4-6-11-26-12-8-16-13-19(25-15-20(16)26)18-14-17(7-10-23-18)22(28)29-2/h3,7-8,10,12-15H,1,4-6,9,11H2,2H3,(H,24,27). The summed E-state index contributed by atoms with van der Waals surface area (Å²) in [5, 5.41) is 3.85. The number of nitrogens with zero attached hydrogens (tertiary/aromatic N) is 3. The van der Waals surface area contributed by atoms with Crippen LogP contribution in [0.3, 0.4) is 0 Å². The molecule has 3 aromatic rings. The second-order valence-electron chi connectivity index (χ2n) is 6.61. The molecular formula is C22H24N4O3. The Morgan fingerprint density at radius 3 is 2.79 bits per heavy atom. The summed E-state index contributed by atoms with van der Waals surface area (Å²) in [6.45, 7) is 4.99.